The molecule has 0 heterocycles. The number of hydrogen-bond donors (Lipinski definition) is 1. The first kappa shape index (κ1) is 28.5. The molecule has 0 spiro atoms. The highest BCUT2D eigenvalue weighted by Gasteiger charge is 2.75. The third-order valence-electron chi connectivity index (χ3n) is 5.21. The summed E-state index contributed by atoms with van der Waals surface area (Å²) in [7, 11) is 0. The number of halogens is 6. The zero-order chi connectivity index (χ0) is 29.2. The van der Waals surface area contributed by atoms with E-state index in [1.54, 1.807) is 0 Å². The van der Waals surface area contributed by atoms with Crippen LogP contribution < -0.4 is 5.32 Å². The van der Waals surface area contributed by atoms with Gasteiger partial charge in [0.05, 0.1) is 15.4 Å². The Kier molecular flexibility index (Phi) is 7.61. The van der Waals surface area contributed by atoms with E-state index in [2.05, 4.69) is 10.1 Å². The van der Waals surface area contributed by atoms with E-state index in [-0.39, 0.29) is 11.3 Å². The lowest BCUT2D eigenvalue weighted by molar-refractivity contribution is -0.385. The number of ether oxygens (including phenoxy) is 1. The molecule has 39 heavy (non-hydrogen) atoms. The van der Waals surface area contributed by atoms with Gasteiger partial charge in [-0.3, -0.25) is 25.0 Å². The first-order valence-electron chi connectivity index (χ1n) is 10.3. The monoisotopic (exact) mass is 557 g/mol. The van der Waals surface area contributed by atoms with Crippen molar-refractivity contribution in [2.75, 3.05) is 5.32 Å². The molecule has 1 N–H and O–H groups in total. The third kappa shape index (κ3) is 5.78. The van der Waals surface area contributed by atoms with Gasteiger partial charge in [0.15, 0.2) is 0 Å². The number of hydrogen-bond acceptors (Lipinski definition) is 7. The van der Waals surface area contributed by atoms with Gasteiger partial charge in [0.1, 0.15) is 0 Å². The van der Waals surface area contributed by atoms with Crippen LogP contribution >= 0.6 is 0 Å². The van der Waals surface area contributed by atoms with E-state index in [0.29, 0.717) is 30.3 Å². The predicted octanol–water partition coefficient (Wildman–Crippen LogP) is 5.93. The topological polar surface area (TPSA) is 142 Å². The van der Waals surface area contributed by atoms with Crippen LogP contribution in [0.15, 0.2) is 72.8 Å². The second-order valence-electron chi connectivity index (χ2n) is 7.71. The van der Waals surface area contributed by atoms with Gasteiger partial charge in [0.25, 0.3) is 17.3 Å². The maximum Gasteiger partial charge on any atom is 0.442 e. The van der Waals surface area contributed by atoms with E-state index in [1.807, 2.05) is 0 Å². The maximum atomic E-state index is 14.0. The Morgan fingerprint density at radius 1 is 0.718 bits per heavy atom. The molecule has 1 amide bonds. The Morgan fingerprint density at radius 3 is 1.64 bits per heavy atom. The van der Waals surface area contributed by atoms with Crippen molar-refractivity contribution >= 4 is 28.9 Å². The van der Waals surface area contributed by atoms with Gasteiger partial charge in [-0.25, -0.2) is 4.79 Å². The molecule has 0 aliphatic rings. The number of anilines is 1. The summed E-state index contributed by atoms with van der Waals surface area (Å²) >= 11 is 0. The molecule has 0 saturated heterocycles. The molecular formula is C23H13F6N3O7. The highest BCUT2D eigenvalue weighted by molar-refractivity contribution is 6.04. The van der Waals surface area contributed by atoms with Crippen LogP contribution in [-0.2, 0) is 10.3 Å². The summed E-state index contributed by atoms with van der Waals surface area (Å²) in [6.07, 6.45) is -12.5. The molecule has 0 atom stereocenters. The number of nitrogens with zero attached hydrogens (tertiary/aromatic N) is 2. The van der Waals surface area contributed by atoms with Crippen LogP contribution in [0.1, 0.15) is 26.3 Å². The first-order valence-corrected chi connectivity index (χ1v) is 10.3. The van der Waals surface area contributed by atoms with Gasteiger partial charge in [0.2, 0.25) is 0 Å². The summed E-state index contributed by atoms with van der Waals surface area (Å²) in [6.45, 7) is 0. The van der Waals surface area contributed by atoms with Crippen LogP contribution in [0.3, 0.4) is 0 Å². The molecule has 3 rings (SSSR count). The Morgan fingerprint density at radius 2 is 1.18 bits per heavy atom. The van der Waals surface area contributed by atoms with Crippen molar-refractivity contribution in [2.45, 2.75) is 18.0 Å². The Hall–Kier alpha value is -5.02. The van der Waals surface area contributed by atoms with E-state index in [9.17, 15) is 56.2 Å². The van der Waals surface area contributed by atoms with Gasteiger partial charge >= 0.3 is 23.9 Å². The van der Waals surface area contributed by atoms with Gasteiger partial charge in [0, 0.05) is 41.1 Å². The minimum atomic E-state index is -6.25. The summed E-state index contributed by atoms with van der Waals surface area (Å²) in [5.41, 5.74) is -9.46. The summed E-state index contributed by atoms with van der Waals surface area (Å²) < 4.78 is 88.3. The van der Waals surface area contributed by atoms with E-state index in [4.69, 9.17) is 0 Å². The number of carbonyl (C=O) groups is 2. The molecule has 0 bridgehead atoms. The number of rotatable bonds is 7. The summed E-state index contributed by atoms with van der Waals surface area (Å²) in [5.74, 6) is -3.10. The largest absolute Gasteiger partial charge is 0.442 e. The van der Waals surface area contributed by atoms with Crippen molar-refractivity contribution in [3.05, 3.63) is 110 Å². The molecular weight excluding hydrogens is 544 g/mol. The standard InChI is InChI=1S/C23H13F6N3O7/c24-22(25,26)21(23(27,28)29,39-20(34)14-4-2-6-18(12-14)32(37)38)15-7-9-16(10-8-15)30-19(33)13-3-1-5-17(11-13)31(35)36/h1-12H,(H,30,33). The quantitative estimate of drug-likeness (QED) is 0.164. The van der Waals surface area contributed by atoms with Crippen LogP contribution in [0.4, 0.5) is 43.4 Å². The van der Waals surface area contributed by atoms with Crippen LogP contribution in [0.25, 0.3) is 0 Å². The summed E-state index contributed by atoms with van der Waals surface area (Å²) in [4.78, 5) is 44.7. The lowest BCUT2D eigenvalue weighted by Crippen LogP contribution is -2.56. The molecule has 0 unspecified atom stereocenters. The van der Waals surface area contributed by atoms with Crippen molar-refractivity contribution in [2.24, 2.45) is 0 Å². The highest BCUT2D eigenvalue weighted by Crippen LogP contribution is 2.53. The molecule has 0 aliphatic heterocycles. The fraction of sp³-hybridized carbons (Fsp3) is 0.130. The average molecular weight is 557 g/mol. The number of nitrogens with one attached hydrogen (secondary N) is 1. The first-order chi connectivity index (χ1) is 18.1. The minimum Gasteiger partial charge on any atom is -0.431 e. The lowest BCUT2D eigenvalue weighted by atomic mass is 9.91. The number of esters is 1. The number of nitro benzene ring substituents is 2. The predicted molar refractivity (Wildman–Crippen MR) is 120 cm³/mol. The zero-order valence-corrected chi connectivity index (χ0v) is 18.9. The lowest BCUT2D eigenvalue weighted by Gasteiger charge is -2.36. The molecule has 0 aliphatic carbocycles. The fourth-order valence-electron chi connectivity index (χ4n) is 3.36. The number of alkyl halides is 6. The van der Waals surface area contributed by atoms with E-state index in [1.165, 1.54) is 12.1 Å². The number of non-ortho nitro benzene ring substituents is 2. The SMILES string of the molecule is O=C(Nc1ccc(C(OC(=O)c2cccc([N+](=O)[O-])c2)(C(F)(F)F)C(F)(F)F)cc1)c1cccc([N+](=O)[O-])c1. The molecule has 204 valence electrons. The molecule has 0 radical (unpaired) electrons. The van der Waals surface area contributed by atoms with Gasteiger partial charge in [-0.15, -0.1) is 0 Å². The molecule has 0 fully saturated rings. The maximum absolute atomic E-state index is 14.0. The van der Waals surface area contributed by atoms with Gasteiger partial charge < -0.3 is 10.1 Å². The molecule has 10 nitrogen and oxygen atoms in total. The van der Waals surface area contributed by atoms with Gasteiger partial charge in [-0.1, -0.05) is 24.3 Å². The van der Waals surface area contributed by atoms with Crippen molar-refractivity contribution in [3.8, 4) is 0 Å². The highest BCUT2D eigenvalue weighted by atomic mass is 19.4. The third-order valence-corrected chi connectivity index (χ3v) is 5.21. The Labute approximate surface area is 213 Å². The number of amides is 1. The van der Waals surface area contributed by atoms with Crippen LogP contribution in [0.2, 0.25) is 0 Å². The molecule has 0 saturated carbocycles. The van der Waals surface area contributed by atoms with Crippen LogP contribution in [-0.4, -0.2) is 34.1 Å². The van der Waals surface area contributed by atoms with Crippen molar-refractivity contribution in [1.82, 2.24) is 0 Å². The normalized spacial score (nSPS) is 11.9. The molecule has 3 aromatic carbocycles. The molecule has 0 aromatic heterocycles. The minimum absolute atomic E-state index is 0.223. The van der Waals surface area contributed by atoms with E-state index >= 15 is 0 Å². The van der Waals surface area contributed by atoms with Crippen molar-refractivity contribution in [1.29, 1.82) is 0 Å². The fourth-order valence-corrected chi connectivity index (χ4v) is 3.36. The Balaban J connectivity index is 1.99. The number of carbonyl (C=O) groups excluding carboxylic acids is 2. The van der Waals surface area contributed by atoms with Crippen molar-refractivity contribution < 1.29 is 50.5 Å². The van der Waals surface area contributed by atoms with Crippen LogP contribution in [0.5, 0.6) is 0 Å². The Bertz CT molecular complexity index is 1430. The molecule has 16 heteroatoms. The van der Waals surface area contributed by atoms with Gasteiger partial charge in [-0.2, -0.15) is 26.3 Å². The second-order valence-corrected chi connectivity index (χ2v) is 7.71. The van der Waals surface area contributed by atoms with E-state index in [0.717, 1.165) is 30.3 Å². The summed E-state index contributed by atoms with van der Waals surface area (Å²) in [6, 6.07) is 9.23. The second kappa shape index (κ2) is 10.4. The van der Waals surface area contributed by atoms with Crippen LogP contribution in [0, 0.1) is 20.2 Å². The van der Waals surface area contributed by atoms with Crippen molar-refractivity contribution in [3.63, 3.8) is 0 Å². The van der Waals surface area contributed by atoms with Gasteiger partial charge in [-0.05, 0) is 24.3 Å². The number of nitro groups is 2. The summed E-state index contributed by atoms with van der Waals surface area (Å²) in [5, 5.41) is 23.9. The zero-order valence-electron chi connectivity index (χ0n) is 18.9. The van der Waals surface area contributed by atoms with E-state index < -0.39 is 62.2 Å². The number of benzene rings is 3. The average Bonchev–Trinajstić information content (AvgIpc) is 2.86. The molecule has 3 aromatic rings. The smallest absolute Gasteiger partial charge is 0.431 e.